The number of nitrogens with zero attached hydrogens (tertiary/aromatic N) is 2. The van der Waals surface area contributed by atoms with Crippen molar-refractivity contribution in [2.75, 3.05) is 13.1 Å². The molecule has 0 spiro atoms. The van der Waals surface area contributed by atoms with Gasteiger partial charge in [-0.15, -0.1) is 0 Å². The van der Waals surface area contributed by atoms with E-state index in [4.69, 9.17) is 0 Å². The van der Waals surface area contributed by atoms with Crippen molar-refractivity contribution in [1.82, 2.24) is 9.30 Å². The molecule has 2 aromatic heterocycles. The van der Waals surface area contributed by atoms with Crippen LogP contribution in [0, 0.1) is 0 Å². The predicted molar refractivity (Wildman–Crippen MR) is 108 cm³/mol. The van der Waals surface area contributed by atoms with E-state index >= 15 is 0 Å². The van der Waals surface area contributed by atoms with Gasteiger partial charge in [0.1, 0.15) is 0 Å². The molecule has 0 aliphatic carbocycles. The molecule has 5 rings (SSSR count). The van der Waals surface area contributed by atoms with E-state index in [2.05, 4.69) is 83.8 Å². The van der Waals surface area contributed by atoms with Crippen molar-refractivity contribution >= 4 is 38.1 Å². The normalized spacial score (nSPS) is 12.4. The second-order valence-electron chi connectivity index (χ2n) is 6.87. The summed E-state index contributed by atoms with van der Waals surface area (Å²) in [6.07, 6.45) is 0. The lowest BCUT2D eigenvalue weighted by Crippen LogP contribution is -2.22. The average molecular weight is 326 g/mol. The molecule has 0 bridgehead atoms. The van der Waals surface area contributed by atoms with Crippen molar-refractivity contribution in [1.29, 1.82) is 0 Å². The zero-order valence-electron chi connectivity index (χ0n) is 14.8. The van der Waals surface area contributed by atoms with Crippen LogP contribution in [0.4, 0.5) is 0 Å². The summed E-state index contributed by atoms with van der Waals surface area (Å²) < 4.78 is 2.44. The lowest BCUT2D eigenvalue weighted by Gasteiger charge is -2.18. The molecule has 0 unspecified atom stereocenters. The van der Waals surface area contributed by atoms with Crippen molar-refractivity contribution < 1.29 is 0 Å². The van der Waals surface area contributed by atoms with E-state index in [9.17, 15) is 0 Å². The molecular formula is C23H22N2. The van der Waals surface area contributed by atoms with Crippen molar-refractivity contribution in [3.05, 3.63) is 66.2 Å². The Morgan fingerprint density at radius 1 is 0.720 bits per heavy atom. The third-order valence-electron chi connectivity index (χ3n) is 5.56. The molecule has 2 heteroatoms. The number of aromatic nitrogens is 1. The van der Waals surface area contributed by atoms with Crippen molar-refractivity contribution in [3.63, 3.8) is 0 Å². The third-order valence-corrected chi connectivity index (χ3v) is 5.56. The van der Waals surface area contributed by atoms with Gasteiger partial charge >= 0.3 is 0 Å². The smallest absolute Gasteiger partial charge is 0.0620 e. The fourth-order valence-electron chi connectivity index (χ4n) is 4.31. The molecule has 3 aromatic carbocycles. The number of para-hydroxylation sites is 2. The number of hydrogen-bond acceptors (Lipinski definition) is 1. The number of benzene rings is 3. The Labute approximate surface area is 147 Å². The van der Waals surface area contributed by atoms with Gasteiger partial charge in [0.25, 0.3) is 0 Å². The molecule has 0 saturated heterocycles. The molecule has 5 aromatic rings. The van der Waals surface area contributed by atoms with E-state index in [1.807, 2.05) is 0 Å². The second-order valence-corrected chi connectivity index (χ2v) is 6.87. The van der Waals surface area contributed by atoms with E-state index in [1.54, 1.807) is 0 Å². The first kappa shape index (κ1) is 14.7. The SMILES string of the molecule is CCN(CC)Cc1cc2c3ccccc3n3c4ccccc4c(c1)c23. The first-order valence-electron chi connectivity index (χ1n) is 9.20. The van der Waals surface area contributed by atoms with Gasteiger partial charge in [0.05, 0.1) is 16.6 Å². The van der Waals surface area contributed by atoms with Crippen LogP contribution < -0.4 is 0 Å². The zero-order valence-corrected chi connectivity index (χ0v) is 14.8. The highest BCUT2D eigenvalue weighted by Crippen LogP contribution is 2.39. The molecule has 0 atom stereocenters. The van der Waals surface area contributed by atoms with E-state index < -0.39 is 0 Å². The van der Waals surface area contributed by atoms with Crippen molar-refractivity contribution in [2.45, 2.75) is 20.4 Å². The zero-order chi connectivity index (χ0) is 17.0. The van der Waals surface area contributed by atoms with Gasteiger partial charge in [-0.2, -0.15) is 0 Å². The van der Waals surface area contributed by atoms with Crippen LogP contribution in [0.5, 0.6) is 0 Å². The summed E-state index contributed by atoms with van der Waals surface area (Å²) in [5.41, 5.74) is 5.39. The Morgan fingerprint density at radius 2 is 1.24 bits per heavy atom. The molecule has 0 saturated carbocycles. The molecule has 0 amide bonds. The van der Waals surface area contributed by atoms with Gasteiger partial charge < -0.3 is 4.40 Å². The van der Waals surface area contributed by atoms with Gasteiger partial charge in [0.2, 0.25) is 0 Å². The fourth-order valence-corrected chi connectivity index (χ4v) is 4.31. The molecule has 0 aliphatic heterocycles. The van der Waals surface area contributed by atoms with Crippen molar-refractivity contribution in [2.24, 2.45) is 0 Å². The average Bonchev–Trinajstić information content (AvgIpc) is 3.17. The number of fused-ring (bicyclic) bond motifs is 6. The Bertz CT molecular complexity index is 1110. The molecule has 124 valence electrons. The lowest BCUT2D eigenvalue weighted by atomic mass is 10.0. The van der Waals surface area contributed by atoms with Crippen LogP contribution in [-0.2, 0) is 6.54 Å². The maximum absolute atomic E-state index is 2.48. The highest BCUT2D eigenvalue weighted by Gasteiger charge is 2.18. The topological polar surface area (TPSA) is 7.65 Å². The van der Waals surface area contributed by atoms with Crippen LogP contribution in [0.3, 0.4) is 0 Å². The Kier molecular flexibility index (Phi) is 3.22. The van der Waals surface area contributed by atoms with Crippen LogP contribution in [0.25, 0.3) is 38.1 Å². The summed E-state index contributed by atoms with van der Waals surface area (Å²) >= 11 is 0. The van der Waals surface area contributed by atoms with Crippen LogP contribution in [0.1, 0.15) is 19.4 Å². The van der Waals surface area contributed by atoms with Gasteiger partial charge in [0, 0.05) is 28.1 Å². The van der Waals surface area contributed by atoms with Crippen LogP contribution in [0.15, 0.2) is 60.7 Å². The summed E-state index contributed by atoms with van der Waals surface area (Å²) in [6, 6.07) is 22.4. The quantitative estimate of drug-likeness (QED) is 0.412. The van der Waals surface area contributed by atoms with Gasteiger partial charge in [0.15, 0.2) is 0 Å². The molecular weight excluding hydrogens is 304 g/mol. The minimum absolute atomic E-state index is 1.01. The third kappa shape index (κ3) is 2.01. The molecule has 0 aliphatic rings. The van der Waals surface area contributed by atoms with Crippen molar-refractivity contribution in [3.8, 4) is 0 Å². The maximum atomic E-state index is 2.48. The molecule has 0 radical (unpaired) electrons. The minimum Gasteiger partial charge on any atom is -0.308 e. The predicted octanol–water partition coefficient (Wildman–Crippen LogP) is 5.68. The van der Waals surface area contributed by atoms with Gasteiger partial charge in [-0.05, 0) is 42.9 Å². The second kappa shape index (κ2) is 5.47. The Hall–Kier alpha value is -2.58. The molecule has 25 heavy (non-hydrogen) atoms. The summed E-state index contributed by atoms with van der Waals surface area (Å²) in [5.74, 6) is 0. The number of rotatable bonds is 4. The van der Waals surface area contributed by atoms with E-state index in [0.717, 1.165) is 19.6 Å². The maximum Gasteiger partial charge on any atom is 0.0620 e. The summed E-state index contributed by atoms with van der Waals surface area (Å²) in [7, 11) is 0. The van der Waals surface area contributed by atoms with E-state index in [1.165, 1.54) is 43.7 Å². The number of hydrogen-bond donors (Lipinski definition) is 0. The molecule has 0 N–H and O–H groups in total. The first-order chi connectivity index (χ1) is 12.3. The molecule has 2 nitrogen and oxygen atoms in total. The standard InChI is InChI=1S/C23H22N2/c1-3-24(4-2)15-16-13-19-17-9-5-7-11-21(17)25-22-12-8-6-10-18(22)20(14-16)23(19)25/h5-14H,3-4,15H2,1-2H3. The molecule has 2 heterocycles. The fraction of sp³-hybridized carbons (Fsp3) is 0.217. The van der Waals surface area contributed by atoms with Gasteiger partial charge in [-0.1, -0.05) is 50.2 Å². The van der Waals surface area contributed by atoms with Gasteiger partial charge in [-0.25, -0.2) is 0 Å². The summed E-state index contributed by atoms with van der Waals surface area (Å²) in [4.78, 5) is 2.48. The monoisotopic (exact) mass is 326 g/mol. The van der Waals surface area contributed by atoms with Crippen LogP contribution >= 0.6 is 0 Å². The van der Waals surface area contributed by atoms with Crippen LogP contribution in [0.2, 0.25) is 0 Å². The Morgan fingerprint density at radius 3 is 1.76 bits per heavy atom. The molecule has 0 fully saturated rings. The van der Waals surface area contributed by atoms with E-state index in [-0.39, 0.29) is 0 Å². The highest BCUT2D eigenvalue weighted by molar-refractivity contribution is 6.23. The summed E-state index contributed by atoms with van der Waals surface area (Å²) in [5, 5.41) is 5.47. The minimum atomic E-state index is 1.01. The van der Waals surface area contributed by atoms with Gasteiger partial charge in [-0.3, -0.25) is 4.90 Å². The first-order valence-corrected chi connectivity index (χ1v) is 9.20. The summed E-state index contributed by atoms with van der Waals surface area (Å²) in [6.45, 7) is 7.66. The van der Waals surface area contributed by atoms with Crippen LogP contribution in [-0.4, -0.2) is 22.4 Å². The highest BCUT2D eigenvalue weighted by atomic mass is 15.1. The van der Waals surface area contributed by atoms with E-state index in [0.29, 0.717) is 0 Å². The lowest BCUT2D eigenvalue weighted by molar-refractivity contribution is 0.296. The largest absolute Gasteiger partial charge is 0.308 e. The Balaban J connectivity index is 1.93.